The number of hydrogen-bond donors (Lipinski definition) is 1. The topological polar surface area (TPSA) is 99.7 Å². The first kappa shape index (κ1) is 30.1. The highest BCUT2D eigenvalue weighted by Crippen LogP contribution is 2.26. The number of amides is 2. The van der Waals surface area contributed by atoms with Crippen LogP contribution in [0.3, 0.4) is 0 Å². The maximum absolute atomic E-state index is 13.9. The van der Waals surface area contributed by atoms with Crippen molar-refractivity contribution in [2.75, 3.05) is 13.1 Å². The Morgan fingerprint density at radius 3 is 2.12 bits per heavy atom. The van der Waals surface area contributed by atoms with Crippen LogP contribution in [0.2, 0.25) is 0 Å². The molecule has 2 amide bonds. The Balaban J connectivity index is 1.36. The highest BCUT2D eigenvalue weighted by molar-refractivity contribution is 7.89. The number of rotatable bonds is 12. The van der Waals surface area contributed by atoms with E-state index < -0.39 is 16.1 Å². The fourth-order valence-corrected chi connectivity index (χ4v) is 6.82. The Morgan fingerprint density at radius 1 is 0.814 bits per heavy atom. The third kappa shape index (κ3) is 7.74. The van der Waals surface area contributed by atoms with Gasteiger partial charge in [0.2, 0.25) is 21.8 Å². The van der Waals surface area contributed by atoms with Crippen LogP contribution < -0.4 is 5.32 Å². The number of aromatic nitrogens is 1. The third-order valence-corrected chi connectivity index (χ3v) is 9.55. The van der Waals surface area contributed by atoms with Crippen LogP contribution in [0.5, 0.6) is 0 Å². The van der Waals surface area contributed by atoms with Gasteiger partial charge in [0, 0.05) is 45.0 Å². The predicted molar refractivity (Wildman–Crippen MR) is 165 cm³/mol. The summed E-state index contributed by atoms with van der Waals surface area (Å²) < 4.78 is 27.4. The number of sulfonamides is 1. The van der Waals surface area contributed by atoms with E-state index >= 15 is 0 Å². The van der Waals surface area contributed by atoms with Gasteiger partial charge in [0.25, 0.3) is 0 Å². The lowest BCUT2D eigenvalue weighted by Gasteiger charge is -2.32. The van der Waals surface area contributed by atoms with Gasteiger partial charge in [-0.3, -0.25) is 14.6 Å². The van der Waals surface area contributed by atoms with E-state index in [1.165, 1.54) is 4.31 Å². The molecule has 2 heterocycles. The summed E-state index contributed by atoms with van der Waals surface area (Å²) in [6.07, 6.45) is 5.71. The van der Waals surface area contributed by atoms with Gasteiger partial charge in [-0.25, -0.2) is 8.42 Å². The molecule has 1 fully saturated rings. The number of aryl methyl sites for hydroxylation is 1. The molecule has 0 aliphatic carbocycles. The van der Waals surface area contributed by atoms with E-state index in [0.29, 0.717) is 25.1 Å². The van der Waals surface area contributed by atoms with Crippen LogP contribution in [0.25, 0.3) is 0 Å². The SMILES string of the molecule is O=C(NCc1cccnc1)[C@@H](c1ccccc1)N(Cc1ccccc1)C(=O)CCc1ccc(S(=O)(=O)N2CCCC2)cc1. The molecule has 0 spiro atoms. The number of benzene rings is 3. The van der Waals surface area contributed by atoms with E-state index in [0.717, 1.165) is 29.5 Å². The summed E-state index contributed by atoms with van der Waals surface area (Å²) in [7, 11) is -3.50. The largest absolute Gasteiger partial charge is 0.350 e. The zero-order chi connectivity index (χ0) is 30.1. The number of nitrogens with zero attached hydrogens (tertiary/aromatic N) is 3. The first-order valence-electron chi connectivity index (χ1n) is 14.6. The quantitative estimate of drug-likeness (QED) is 0.251. The van der Waals surface area contributed by atoms with Crippen LogP contribution in [0.1, 0.15) is 47.6 Å². The van der Waals surface area contributed by atoms with Gasteiger partial charge in [0.1, 0.15) is 6.04 Å². The lowest BCUT2D eigenvalue weighted by Crippen LogP contribution is -2.43. The molecule has 1 aliphatic rings. The van der Waals surface area contributed by atoms with E-state index in [9.17, 15) is 18.0 Å². The fourth-order valence-electron chi connectivity index (χ4n) is 5.30. The first-order valence-corrected chi connectivity index (χ1v) is 16.0. The van der Waals surface area contributed by atoms with E-state index in [-0.39, 0.29) is 36.2 Å². The molecule has 1 N–H and O–H groups in total. The summed E-state index contributed by atoms with van der Waals surface area (Å²) in [5.41, 5.74) is 3.34. The Kier molecular flexibility index (Phi) is 9.96. The Bertz CT molecular complexity index is 1590. The molecule has 1 saturated heterocycles. The van der Waals surface area contributed by atoms with Crippen LogP contribution in [-0.2, 0) is 39.1 Å². The second-order valence-corrected chi connectivity index (χ2v) is 12.6. The molecular weight excluding hydrogens is 560 g/mol. The van der Waals surface area contributed by atoms with Crippen molar-refractivity contribution in [2.24, 2.45) is 0 Å². The molecular formula is C34H36N4O4S. The fraction of sp³-hybridized carbons (Fsp3) is 0.265. The molecule has 0 radical (unpaired) electrons. The van der Waals surface area contributed by atoms with Crippen molar-refractivity contribution in [2.45, 2.75) is 49.7 Å². The first-order chi connectivity index (χ1) is 20.9. The summed E-state index contributed by atoms with van der Waals surface area (Å²) >= 11 is 0. The van der Waals surface area contributed by atoms with E-state index in [1.54, 1.807) is 41.6 Å². The zero-order valence-corrected chi connectivity index (χ0v) is 24.8. The van der Waals surface area contributed by atoms with E-state index in [2.05, 4.69) is 10.3 Å². The third-order valence-electron chi connectivity index (χ3n) is 7.63. The van der Waals surface area contributed by atoms with Crippen molar-refractivity contribution in [3.8, 4) is 0 Å². The molecule has 0 bridgehead atoms. The standard InChI is InChI=1S/C34H36N4O4S/c39-32(20-17-27-15-18-31(19-16-27)43(41,42)37-22-7-8-23-37)38(26-28-10-3-1-4-11-28)33(30-13-5-2-6-14-30)34(40)36-25-29-12-9-21-35-24-29/h1-6,9-16,18-19,21,24,33H,7-8,17,20,22-23,25-26H2,(H,36,40)/t33-/m1/s1. The van der Waals surface area contributed by atoms with Crippen molar-refractivity contribution >= 4 is 21.8 Å². The Morgan fingerprint density at radius 2 is 1.47 bits per heavy atom. The predicted octanol–water partition coefficient (Wildman–Crippen LogP) is 4.89. The number of carbonyl (C=O) groups is 2. The van der Waals surface area contributed by atoms with Gasteiger partial charge in [-0.15, -0.1) is 0 Å². The maximum Gasteiger partial charge on any atom is 0.247 e. The monoisotopic (exact) mass is 596 g/mol. The molecule has 1 aromatic heterocycles. The summed E-state index contributed by atoms with van der Waals surface area (Å²) in [5, 5.41) is 3.00. The van der Waals surface area contributed by atoms with E-state index in [1.807, 2.05) is 72.8 Å². The van der Waals surface area contributed by atoms with Crippen LogP contribution in [0.4, 0.5) is 0 Å². The Hall–Kier alpha value is -4.34. The molecule has 0 saturated carbocycles. The van der Waals surface area contributed by atoms with Gasteiger partial charge in [0.15, 0.2) is 0 Å². The number of pyridine rings is 1. The molecule has 43 heavy (non-hydrogen) atoms. The average molecular weight is 597 g/mol. The van der Waals surface area contributed by atoms with Gasteiger partial charge in [-0.1, -0.05) is 78.9 Å². The van der Waals surface area contributed by atoms with Crippen LogP contribution in [0.15, 0.2) is 114 Å². The summed E-state index contributed by atoms with van der Waals surface area (Å²) in [5.74, 6) is -0.459. The Labute approximate surface area is 253 Å². The molecule has 0 unspecified atom stereocenters. The van der Waals surface area contributed by atoms with Crippen molar-refractivity contribution in [3.63, 3.8) is 0 Å². The number of nitrogens with one attached hydrogen (secondary N) is 1. The lowest BCUT2D eigenvalue weighted by molar-refractivity contribution is -0.141. The van der Waals surface area contributed by atoms with Gasteiger partial charge in [-0.05, 0) is 59.7 Å². The molecule has 9 heteroatoms. The van der Waals surface area contributed by atoms with E-state index in [4.69, 9.17) is 0 Å². The maximum atomic E-state index is 13.9. The highest BCUT2D eigenvalue weighted by atomic mass is 32.2. The van der Waals surface area contributed by atoms with Crippen molar-refractivity contribution < 1.29 is 18.0 Å². The van der Waals surface area contributed by atoms with Gasteiger partial charge < -0.3 is 10.2 Å². The van der Waals surface area contributed by atoms with Crippen molar-refractivity contribution in [3.05, 3.63) is 132 Å². The minimum atomic E-state index is -3.50. The van der Waals surface area contributed by atoms with Gasteiger partial charge >= 0.3 is 0 Å². The van der Waals surface area contributed by atoms with Crippen molar-refractivity contribution in [1.29, 1.82) is 0 Å². The van der Waals surface area contributed by atoms with Crippen LogP contribution in [-0.4, -0.2) is 47.5 Å². The molecule has 3 aromatic carbocycles. The normalized spacial score (nSPS) is 14.2. The lowest BCUT2D eigenvalue weighted by atomic mass is 10.0. The molecule has 4 aromatic rings. The molecule has 1 aliphatic heterocycles. The van der Waals surface area contributed by atoms with Gasteiger partial charge in [0.05, 0.1) is 4.90 Å². The van der Waals surface area contributed by atoms with Crippen LogP contribution in [0, 0.1) is 0 Å². The average Bonchev–Trinajstić information content (AvgIpc) is 3.61. The number of hydrogen-bond acceptors (Lipinski definition) is 5. The second-order valence-electron chi connectivity index (χ2n) is 10.7. The van der Waals surface area contributed by atoms with Gasteiger partial charge in [-0.2, -0.15) is 4.31 Å². The molecule has 5 rings (SSSR count). The molecule has 8 nitrogen and oxygen atoms in total. The van der Waals surface area contributed by atoms with Crippen LogP contribution >= 0.6 is 0 Å². The summed E-state index contributed by atoms with van der Waals surface area (Å²) in [6, 6.07) is 28.6. The number of carbonyl (C=O) groups excluding carboxylic acids is 2. The minimum absolute atomic E-state index is 0.157. The highest BCUT2D eigenvalue weighted by Gasteiger charge is 2.31. The second kappa shape index (κ2) is 14.2. The molecule has 222 valence electrons. The zero-order valence-electron chi connectivity index (χ0n) is 24.0. The smallest absolute Gasteiger partial charge is 0.247 e. The van der Waals surface area contributed by atoms with Crippen molar-refractivity contribution in [1.82, 2.24) is 19.5 Å². The molecule has 1 atom stereocenters. The minimum Gasteiger partial charge on any atom is -0.350 e. The summed E-state index contributed by atoms with van der Waals surface area (Å²) in [6.45, 7) is 1.64. The summed E-state index contributed by atoms with van der Waals surface area (Å²) in [4.78, 5) is 33.8.